The second-order valence-corrected chi connectivity index (χ2v) is 8.12. The number of amides is 1. The molecule has 0 radical (unpaired) electrons. The maximum Gasteiger partial charge on any atom is 0.490 e. The van der Waals surface area contributed by atoms with Gasteiger partial charge in [-0.3, -0.25) is 4.79 Å². The van der Waals surface area contributed by atoms with Gasteiger partial charge in [-0.05, 0) is 24.1 Å². The number of rotatable bonds is 2. The molecule has 1 aliphatic heterocycles. The highest BCUT2D eigenvalue weighted by Gasteiger charge is 2.38. The number of alkyl halides is 3. The summed E-state index contributed by atoms with van der Waals surface area (Å²) in [4.78, 5) is 26.4. The number of aromatic nitrogens is 1. The first-order valence-electron chi connectivity index (χ1n) is 8.32. The van der Waals surface area contributed by atoms with Gasteiger partial charge in [-0.2, -0.15) is 13.2 Å². The van der Waals surface area contributed by atoms with Crippen LogP contribution in [0.1, 0.15) is 17.4 Å². The number of carboxylic acid groups (broad SMARTS) is 1. The van der Waals surface area contributed by atoms with Crippen molar-refractivity contribution in [2.75, 3.05) is 11.9 Å². The first-order valence-corrected chi connectivity index (χ1v) is 9.96. The SMILES string of the molecule is CC(=O)Nc1sc2c(c1-c1nc3ccccc3s1)CCOC2.O=C(O)C(F)(F)F. The van der Waals surface area contributed by atoms with Gasteiger partial charge in [0, 0.05) is 17.4 Å². The largest absolute Gasteiger partial charge is 0.490 e. The molecule has 6 nitrogen and oxygen atoms in total. The van der Waals surface area contributed by atoms with Crippen molar-refractivity contribution in [3.63, 3.8) is 0 Å². The second-order valence-electron chi connectivity index (χ2n) is 5.98. The molecule has 154 valence electrons. The number of anilines is 1. The summed E-state index contributed by atoms with van der Waals surface area (Å²) in [5.41, 5.74) is 3.36. The monoisotopic (exact) mass is 444 g/mol. The van der Waals surface area contributed by atoms with Crippen molar-refractivity contribution >= 4 is 49.8 Å². The molecule has 0 saturated heterocycles. The number of nitrogens with one attached hydrogen (secondary N) is 1. The molecular formula is C18H15F3N2O4S2. The molecule has 2 N–H and O–H groups in total. The molecule has 11 heteroatoms. The Morgan fingerprint density at radius 1 is 1.24 bits per heavy atom. The minimum atomic E-state index is -5.08. The lowest BCUT2D eigenvalue weighted by Crippen LogP contribution is -2.21. The molecule has 0 bridgehead atoms. The second kappa shape index (κ2) is 8.47. The van der Waals surface area contributed by atoms with Crippen LogP contribution in [0.5, 0.6) is 0 Å². The molecule has 0 aliphatic carbocycles. The minimum absolute atomic E-state index is 0.0538. The lowest BCUT2D eigenvalue weighted by molar-refractivity contribution is -0.192. The number of carbonyl (C=O) groups is 2. The normalized spacial score (nSPS) is 13.4. The fraction of sp³-hybridized carbons (Fsp3) is 0.278. The number of thiophene rings is 1. The zero-order chi connectivity index (χ0) is 21.2. The lowest BCUT2D eigenvalue weighted by atomic mass is 10.1. The fourth-order valence-electron chi connectivity index (χ4n) is 2.69. The topological polar surface area (TPSA) is 88.5 Å². The smallest absolute Gasteiger partial charge is 0.475 e. The summed E-state index contributed by atoms with van der Waals surface area (Å²) in [6, 6.07) is 8.12. The van der Waals surface area contributed by atoms with Gasteiger partial charge in [-0.1, -0.05) is 12.1 Å². The summed E-state index contributed by atoms with van der Waals surface area (Å²) in [6.07, 6.45) is -4.21. The molecule has 29 heavy (non-hydrogen) atoms. The molecular weight excluding hydrogens is 429 g/mol. The molecule has 0 spiro atoms. The molecule has 0 atom stereocenters. The predicted molar refractivity (Wildman–Crippen MR) is 104 cm³/mol. The molecule has 3 aromatic rings. The van der Waals surface area contributed by atoms with Gasteiger partial charge in [0.25, 0.3) is 0 Å². The van der Waals surface area contributed by atoms with E-state index in [4.69, 9.17) is 19.6 Å². The number of halogens is 3. The Kier molecular flexibility index (Phi) is 6.20. The highest BCUT2D eigenvalue weighted by molar-refractivity contribution is 7.22. The molecule has 1 amide bonds. The number of thiazole rings is 1. The molecule has 3 heterocycles. The zero-order valence-electron chi connectivity index (χ0n) is 15.0. The molecule has 0 unspecified atom stereocenters. The van der Waals surface area contributed by atoms with E-state index in [9.17, 15) is 18.0 Å². The van der Waals surface area contributed by atoms with Crippen LogP contribution in [0, 0.1) is 0 Å². The Labute approximate surface area is 171 Å². The van der Waals surface area contributed by atoms with Gasteiger partial charge in [0.05, 0.1) is 23.4 Å². The van der Waals surface area contributed by atoms with Gasteiger partial charge >= 0.3 is 12.1 Å². The third-order valence-corrected chi connectivity index (χ3v) is 6.03. The van der Waals surface area contributed by atoms with Crippen LogP contribution in [0.2, 0.25) is 0 Å². The third-order valence-electron chi connectivity index (χ3n) is 3.86. The first kappa shape index (κ1) is 21.2. The van der Waals surface area contributed by atoms with Gasteiger partial charge in [-0.15, -0.1) is 22.7 Å². The molecule has 2 aromatic heterocycles. The van der Waals surface area contributed by atoms with Crippen LogP contribution in [0.3, 0.4) is 0 Å². The van der Waals surface area contributed by atoms with Gasteiger partial charge in [0.1, 0.15) is 10.0 Å². The first-order chi connectivity index (χ1) is 13.7. The van der Waals surface area contributed by atoms with Crippen molar-refractivity contribution in [2.45, 2.75) is 26.1 Å². The number of hydrogen-bond donors (Lipinski definition) is 2. The highest BCUT2D eigenvalue weighted by Crippen LogP contribution is 2.45. The number of aliphatic carboxylic acids is 1. The Hall–Kier alpha value is -2.50. The van der Waals surface area contributed by atoms with E-state index in [0.717, 1.165) is 34.1 Å². The number of ether oxygens (including phenoxy) is 1. The quantitative estimate of drug-likeness (QED) is 0.599. The zero-order valence-corrected chi connectivity index (χ0v) is 16.6. The van der Waals surface area contributed by atoms with Crippen molar-refractivity contribution in [2.24, 2.45) is 0 Å². The van der Waals surface area contributed by atoms with Crippen LogP contribution in [-0.2, 0) is 27.4 Å². The van der Waals surface area contributed by atoms with E-state index >= 15 is 0 Å². The van der Waals surface area contributed by atoms with Crippen molar-refractivity contribution in [1.29, 1.82) is 0 Å². The summed E-state index contributed by atoms with van der Waals surface area (Å²) < 4.78 is 38.4. The molecule has 4 rings (SSSR count). The van der Waals surface area contributed by atoms with Crippen LogP contribution < -0.4 is 5.32 Å². The summed E-state index contributed by atoms with van der Waals surface area (Å²) in [5.74, 6) is -2.81. The van der Waals surface area contributed by atoms with Crippen LogP contribution in [0.4, 0.5) is 18.2 Å². The number of nitrogens with zero attached hydrogens (tertiary/aromatic N) is 1. The molecule has 1 aliphatic rings. The van der Waals surface area contributed by atoms with E-state index in [-0.39, 0.29) is 5.91 Å². The van der Waals surface area contributed by atoms with Crippen LogP contribution >= 0.6 is 22.7 Å². The van der Waals surface area contributed by atoms with E-state index in [1.807, 2.05) is 18.2 Å². The summed E-state index contributed by atoms with van der Waals surface area (Å²) in [7, 11) is 0. The van der Waals surface area contributed by atoms with E-state index in [1.165, 1.54) is 22.1 Å². The van der Waals surface area contributed by atoms with Crippen molar-refractivity contribution in [3.05, 3.63) is 34.7 Å². The Balaban J connectivity index is 0.000000298. The van der Waals surface area contributed by atoms with E-state index in [2.05, 4.69) is 11.4 Å². The number of para-hydroxylation sites is 1. The predicted octanol–water partition coefficient (Wildman–Crippen LogP) is 4.69. The number of benzene rings is 1. The van der Waals surface area contributed by atoms with Crippen molar-refractivity contribution < 1.29 is 32.6 Å². The van der Waals surface area contributed by atoms with E-state index in [1.54, 1.807) is 22.7 Å². The van der Waals surface area contributed by atoms with Gasteiger partial charge in [0.15, 0.2) is 0 Å². The Morgan fingerprint density at radius 2 is 1.93 bits per heavy atom. The number of hydrogen-bond acceptors (Lipinski definition) is 6. The third kappa shape index (κ3) is 4.92. The summed E-state index contributed by atoms with van der Waals surface area (Å²) in [5, 5.41) is 12.0. The molecule has 0 saturated carbocycles. The van der Waals surface area contributed by atoms with Gasteiger partial charge in [-0.25, -0.2) is 9.78 Å². The lowest BCUT2D eigenvalue weighted by Gasteiger charge is -2.12. The molecule has 0 fully saturated rings. The summed E-state index contributed by atoms with van der Waals surface area (Å²) >= 11 is 3.28. The number of carbonyl (C=O) groups excluding carboxylic acids is 1. The van der Waals surface area contributed by atoms with Crippen molar-refractivity contribution in [1.82, 2.24) is 4.98 Å². The van der Waals surface area contributed by atoms with E-state index < -0.39 is 12.1 Å². The number of carboxylic acids is 1. The summed E-state index contributed by atoms with van der Waals surface area (Å²) in [6.45, 7) is 2.88. The van der Waals surface area contributed by atoms with Gasteiger partial charge < -0.3 is 15.2 Å². The van der Waals surface area contributed by atoms with Crippen LogP contribution in [0.15, 0.2) is 24.3 Å². The average molecular weight is 444 g/mol. The maximum absolute atomic E-state index is 11.5. The number of fused-ring (bicyclic) bond motifs is 2. The minimum Gasteiger partial charge on any atom is -0.475 e. The van der Waals surface area contributed by atoms with Crippen molar-refractivity contribution in [3.8, 4) is 10.6 Å². The maximum atomic E-state index is 11.5. The highest BCUT2D eigenvalue weighted by atomic mass is 32.1. The Morgan fingerprint density at radius 3 is 2.55 bits per heavy atom. The van der Waals surface area contributed by atoms with Crippen LogP contribution in [-0.4, -0.2) is 34.8 Å². The Bertz CT molecular complexity index is 1030. The standard InChI is InChI=1S/C16H14N2O2S2.C2HF3O2/c1-9(19)17-15-14(10-6-7-20-8-13(10)22-15)16-18-11-4-2-3-5-12(11)21-16;3-2(4,5)1(6)7/h2-5H,6-8H2,1H3,(H,17,19);(H,6,7). The molecule has 1 aromatic carbocycles. The fourth-order valence-corrected chi connectivity index (χ4v) is 5.03. The average Bonchev–Trinajstić information content (AvgIpc) is 3.20. The van der Waals surface area contributed by atoms with E-state index in [0.29, 0.717) is 6.61 Å². The van der Waals surface area contributed by atoms with Crippen LogP contribution in [0.25, 0.3) is 20.8 Å². The van der Waals surface area contributed by atoms with Gasteiger partial charge in [0.2, 0.25) is 5.91 Å².